The van der Waals surface area contributed by atoms with Crippen LogP contribution in [-0.2, 0) is 22.4 Å². The molecule has 0 aliphatic heterocycles. The van der Waals surface area contributed by atoms with Gasteiger partial charge in [-0.25, -0.2) is 9.97 Å². The van der Waals surface area contributed by atoms with Crippen LogP contribution in [0.1, 0.15) is 23.4 Å². The molecular formula is C17H21N3O2S2. The van der Waals surface area contributed by atoms with Crippen molar-refractivity contribution < 1.29 is 9.53 Å². The minimum absolute atomic E-state index is 0.222. The van der Waals surface area contributed by atoms with Crippen LogP contribution in [0.15, 0.2) is 34.3 Å². The van der Waals surface area contributed by atoms with Crippen LogP contribution in [0.5, 0.6) is 0 Å². The highest BCUT2D eigenvalue weighted by atomic mass is 32.2. The Labute approximate surface area is 150 Å². The molecule has 0 aliphatic rings. The molecule has 0 fully saturated rings. The van der Waals surface area contributed by atoms with Gasteiger partial charge < -0.3 is 10.5 Å². The average Bonchev–Trinajstić information content (AvgIpc) is 2.61. The van der Waals surface area contributed by atoms with E-state index in [4.69, 9.17) is 10.5 Å². The van der Waals surface area contributed by atoms with Gasteiger partial charge in [0.2, 0.25) is 0 Å². The van der Waals surface area contributed by atoms with Crippen molar-refractivity contribution in [3.63, 3.8) is 0 Å². The molecule has 1 aromatic heterocycles. The van der Waals surface area contributed by atoms with E-state index < -0.39 is 0 Å². The minimum atomic E-state index is -0.222. The van der Waals surface area contributed by atoms with Crippen LogP contribution in [0.4, 0.5) is 5.69 Å². The Bertz CT molecular complexity index is 680. The number of esters is 1. The van der Waals surface area contributed by atoms with Crippen molar-refractivity contribution in [2.75, 3.05) is 25.4 Å². The van der Waals surface area contributed by atoms with Gasteiger partial charge in [0.25, 0.3) is 0 Å². The van der Waals surface area contributed by atoms with Crippen molar-refractivity contribution in [2.45, 2.75) is 29.3 Å². The summed E-state index contributed by atoms with van der Waals surface area (Å²) in [6.45, 7) is 0. The van der Waals surface area contributed by atoms with Gasteiger partial charge in [-0.05, 0) is 36.6 Å². The molecule has 0 amide bonds. The number of carbonyl (C=O) groups is 1. The number of hydrogen-bond acceptors (Lipinski definition) is 7. The lowest BCUT2D eigenvalue weighted by Crippen LogP contribution is -2.08. The van der Waals surface area contributed by atoms with E-state index in [9.17, 15) is 4.79 Å². The number of nitrogens with two attached hydrogens (primary N) is 1. The highest BCUT2D eigenvalue weighted by Gasteiger charge is 2.15. The van der Waals surface area contributed by atoms with Crippen LogP contribution < -0.4 is 5.73 Å². The summed E-state index contributed by atoms with van der Waals surface area (Å²) in [5.74, 6) is 0.551. The van der Waals surface area contributed by atoms with E-state index in [1.807, 2.05) is 36.8 Å². The number of benzene rings is 1. The van der Waals surface area contributed by atoms with Gasteiger partial charge in [-0.3, -0.25) is 4.79 Å². The molecule has 0 saturated carbocycles. The first kappa shape index (κ1) is 18.6. The molecule has 128 valence electrons. The van der Waals surface area contributed by atoms with E-state index in [1.165, 1.54) is 7.11 Å². The molecule has 0 atom stereocenters. The number of ether oxygens (including phenoxy) is 1. The van der Waals surface area contributed by atoms with E-state index in [0.29, 0.717) is 19.3 Å². The number of thioether (sulfide) groups is 2. The number of aromatic nitrogens is 2. The van der Waals surface area contributed by atoms with Crippen molar-refractivity contribution in [2.24, 2.45) is 0 Å². The third-order valence-electron chi connectivity index (χ3n) is 3.51. The number of nitrogen functional groups attached to an aromatic ring is 1. The summed E-state index contributed by atoms with van der Waals surface area (Å²) in [7, 11) is 1.40. The van der Waals surface area contributed by atoms with E-state index in [1.54, 1.807) is 23.5 Å². The number of methoxy groups -OCH3 is 1. The van der Waals surface area contributed by atoms with Gasteiger partial charge in [-0.1, -0.05) is 12.1 Å². The Morgan fingerprint density at radius 1 is 1.12 bits per heavy atom. The van der Waals surface area contributed by atoms with Gasteiger partial charge in [-0.15, -0.1) is 23.5 Å². The lowest BCUT2D eigenvalue weighted by Gasteiger charge is -2.12. The number of anilines is 1. The smallest absolute Gasteiger partial charge is 0.305 e. The molecule has 0 saturated heterocycles. The summed E-state index contributed by atoms with van der Waals surface area (Å²) in [6, 6.07) is 7.73. The van der Waals surface area contributed by atoms with Crippen molar-refractivity contribution in [3.8, 4) is 0 Å². The van der Waals surface area contributed by atoms with Gasteiger partial charge in [0.05, 0.1) is 7.11 Å². The fourth-order valence-electron chi connectivity index (χ4n) is 2.26. The quantitative estimate of drug-likeness (QED) is 0.350. The van der Waals surface area contributed by atoms with Crippen LogP contribution in [0.2, 0.25) is 0 Å². The molecule has 24 heavy (non-hydrogen) atoms. The van der Waals surface area contributed by atoms with Gasteiger partial charge in [0, 0.05) is 24.1 Å². The molecular weight excluding hydrogens is 342 g/mol. The fraction of sp³-hybridized carbons (Fsp3) is 0.353. The van der Waals surface area contributed by atoms with E-state index >= 15 is 0 Å². The molecule has 5 nitrogen and oxygen atoms in total. The summed E-state index contributed by atoms with van der Waals surface area (Å²) in [5.41, 5.74) is 8.60. The molecule has 0 spiro atoms. The summed E-state index contributed by atoms with van der Waals surface area (Å²) >= 11 is 3.15. The molecule has 1 heterocycles. The molecule has 7 heteroatoms. The van der Waals surface area contributed by atoms with Crippen LogP contribution >= 0.6 is 23.5 Å². The van der Waals surface area contributed by atoms with Crippen LogP contribution in [0, 0.1) is 0 Å². The van der Waals surface area contributed by atoms with Gasteiger partial charge >= 0.3 is 5.97 Å². The standard InChI is InChI=1S/C17H21N3O2S2/c1-22-15(21)9-8-13-16(23-2)19-14(20-17(13)24-3)10-11-4-6-12(18)7-5-11/h4-7H,8-10,18H2,1-3H3. The fourth-order valence-corrected chi connectivity index (χ4v) is 3.61. The molecule has 2 aromatic rings. The monoisotopic (exact) mass is 363 g/mol. The van der Waals surface area contributed by atoms with Crippen LogP contribution in [0.3, 0.4) is 0 Å². The van der Waals surface area contributed by atoms with Crippen molar-refractivity contribution in [3.05, 3.63) is 41.2 Å². The zero-order valence-corrected chi connectivity index (χ0v) is 15.7. The summed E-state index contributed by atoms with van der Waals surface area (Å²) in [4.78, 5) is 20.8. The Morgan fingerprint density at radius 2 is 1.71 bits per heavy atom. The van der Waals surface area contributed by atoms with Gasteiger partial charge in [-0.2, -0.15) is 0 Å². The van der Waals surface area contributed by atoms with Crippen LogP contribution in [-0.4, -0.2) is 35.6 Å². The third-order valence-corrected chi connectivity index (χ3v) is 4.96. The lowest BCUT2D eigenvalue weighted by molar-refractivity contribution is -0.140. The number of carbonyl (C=O) groups excluding carboxylic acids is 1. The second-order valence-corrected chi connectivity index (χ2v) is 6.72. The van der Waals surface area contributed by atoms with E-state index in [-0.39, 0.29) is 5.97 Å². The van der Waals surface area contributed by atoms with Crippen LogP contribution in [0.25, 0.3) is 0 Å². The Morgan fingerprint density at radius 3 is 2.21 bits per heavy atom. The molecule has 0 bridgehead atoms. The second-order valence-electron chi connectivity index (χ2n) is 5.13. The average molecular weight is 364 g/mol. The van der Waals surface area contributed by atoms with E-state index in [2.05, 4.69) is 9.97 Å². The lowest BCUT2D eigenvalue weighted by atomic mass is 10.1. The molecule has 2 rings (SSSR count). The molecule has 2 N–H and O–H groups in total. The predicted molar refractivity (Wildman–Crippen MR) is 99.6 cm³/mol. The zero-order chi connectivity index (χ0) is 17.5. The number of rotatable bonds is 7. The number of hydrogen-bond donors (Lipinski definition) is 1. The van der Waals surface area contributed by atoms with Crippen molar-refractivity contribution in [1.82, 2.24) is 9.97 Å². The maximum Gasteiger partial charge on any atom is 0.305 e. The maximum atomic E-state index is 11.4. The molecule has 1 aromatic carbocycles. The minimum Gasteiger partial charge on any atom is -0.469 e. The highest BCUT2D eigenvalue weighted by molar-refractivity contribution is 7.99. The Balaban J connectivity index is 2.27. The topological polar surface area (TPSA) is 78.1 Å². The van der Waals surface area contributed by atoms with Crippen molar-refractivity contribution >= 4 is 35.2 Å². The third kappa shape index (κ3) is 4.88. The Hall–Kier alpha value is -1.73. The first-order chi connectivity index (χ1) is 11.6. The summed E-state index contributed by atoms with van der Waals surface area (Å²) in [6.07, 6.45) is 5.54. The molecule has 0 aliphatic carbocycles. The first-order valence-corrected chi connectivity index (χ1v) is 9.91. The van der Waals surface area contributed by atoms with Crippen molar-refractivity contribution in [1.29, 1.82) is 0 Å². The summed E-state index contributed by atoms with van der Waals surface area (Å²) in [5, 5.41) is 1.84. The SMILES string of the molecule is COC(=O)CCc1c(SC)nc(Cc2ccc(N)cc2)nc1SC. The Kier molecular flexibility index (Phi) is 6.93. The predicted octanol–water partition coefficient (Wildman–Crippen LogP) is 3.20. The van der Waals surface area contributed by atoms with E-state index in [0.717, 1.165) is 32.7 Å². The molecule has 0 radical (unpaired) electrons. The largest absolute Gasteiger partial charge is 0.469 e. The van der Waals surface area contributed by atoms with Gasteiger partial charge in [0.15, 0.2) is 0 Å². The zero-order valence-electron chi connectivity index (χ0n) is 14.0. The number of nitrogens with zero attached hydrogens (tertiary/aromatic N) is 2. The highest BCUT2D eigenvalue weighted by Crippen LogP contribution is 2.28. The van der Waals surface area contributed by atoms with Gasteiger partial charge in [0.1, 0.15) is 15.9 Å². The normalized spacial score (nSPS) is 10.6. The maximum absolute atomic E-state index is 11.4. The second kappa shape index (κ2) is 8.94. The first-order valence-electron chi connectivity index (χ1n) is 7.46. The summed E-state index contributed by atoms with van der Waals surface area (Å²) < 4.78 is 4.73. The molecule has 0 unspecified atom stereocenters.